The number of aryl methyl sites for hydroxylation is 1. The van der Waals surface area contributed by atoms with E-state index in [1.54, 1.807) is 21.1 Å². The maximum atomic E-state index is 15.7. The van der Waals surface area contributed by atoms with Crippen molar-refractivity contribution >= 4 is 75.9 Å². The number of hydrogen-bond acceptors (Lipinski definition) is 11. The monoisotopic (exact) mass is 1250 g/mol. The number of thiazole rings is 1. The van der Waals surface area contributed by atoms with E-state index in [-0.39, 0.29) is 41.6 Å². The zero-order chi connectivity index (χ0) is 63.1. The summed E-state index contributed by atoms with van der Waals surface area (Å²) in [4.78, 5) is 106. The molecule has 0 spiro atoms. The molecule has 0 radical (unpaired) electrons. The number of carbonyl (C=O) groups is 6. The minimum absolute atomic E-state index is 0.0506. The van der Waals surface area contributed by atoms with Crippen LogP contribution in [0.25, 0.3) is 10.4 Å². The first-order valence-corrected chi connectivity index (χ1v) is 32.6. The predicted molar refractivity (Wildman–Crippen MR) is 345 cm³/mol. The van der Waals surface area contributed by atoms with Gasteiger partial charge < -0.3 is 35.4 Å². The molecule has 10 rings (SSSR count). The number of hydrogen-bond donors (Lipinski definition) is 3. The Morgan fingerprint density at radius 2 is 1.40 bits per heavy atom. The van der Waals surface area contributed by atoms with E-state index in [1.807, 2.05) is 129 Å². The van der Waals surface area contributed by atoms with Gasteiger partial charge in [0.1, 0.15) is 40.3 Å². The van der Waals surface area contributed by atoms with Crippen LogP contribution < -0.4 is 20.7 Å². The van der Waals surface area contributed by atoms with Crippen molar-refractivity contribution in [3.8, 4) is 16.2 Å². The number of piperazine rings is 1. The maximum Gasteiger partial charge on any atom is 0.326 e. The average Bonchev–Trinajstić information content (AvgIpc) is 1.52. The average molecular weight is 1260 g/mol. The number of nitrogens with zero attached hydrogens (tertiary/aromatic N) is 7. The molecule has 3 saturated heterocycles. The lowest BCUT2D eigenvalue weighted by Gasteiger charge is -2.47. The number of nitrogens with one attached hydrogen (secondary N) is 3. The number of urea groups is 1. The number of amidine groups is 1. The lowest BCUT2D eigenvalue weighted by molar-refractivity contribution is -0.144. The highest BCUT2D eigenvalue weighted by Gasteiger charge is 2.61. The van der Waals surface area contributed by atoms with E-state index in [4.69, 9.17) is 32.9 Å². The topological polar surface area (TPSA) is 189 Å². The highest BCUT2D eigenvalue weighted by molar-refractivity contribution is 7.13. The van der Waals surface area contributed by atoms with Gasteiger partial charge in [0.2, 0.25) is 29.5 Å². The van der Waals surface area contributed by atoms with Gasteiger partial charge in [-0.25, -0.2) is 9.78 Å². The standard InChI is InChI=1S/C68H84Cl2N10O7S/c1-11-87-54-39-49(64(3,4)5)22-27-52(54)58-74-66(9,47-18-23-50(69)24-19-47)67(10,48-20-25-51(70)26-21-48)80(58)63(86)78-37-35-76(36-38-78)41-55(81)77-33-28-46(29-34-77)59(82)75-68(30-31-68)62(85)73-57(65(6,7)8)61(84)79-32-12-13-53(79)60(83)71-40-44-14-16-45(17-15-44)56-43(2)72-42-88-56/h14-27,39,42,46,53,57H,11-13,28-38,40-41H2,1-10H3,(H,71,83)(H,73,85)(H,75,82)/t53-,57+,66-,67+/m0/s1. The van der Waals surface area contributed by atoms with Crippen LogP contribution in [0.3, 0.4) is 0 Å². The fraction of sp³-hybridized carbons (Fsp3) is 0.500. The van der Waals surface area contributed by atoms with Crippen LogP contribution in [0.4, 0.5) is 4.79 Å². The van der Waals surface area contributed by atoms with Crippen molar-refractivity contribution in [1.82, 2.24) is 45.4 Å². The highest BCUT2D eigenvalue weighted by atomic mass is 35.5. The quantitative estimate of drug-likeness (QED) is 0.0863. The number of ether oxygens (including phenoxy) is 1. The molecule has 5 aliphatic rings. The van der Waals surface area contributed by atoms with Crippen molar-refractivity contribution in [2.45, 2.75) is 148 Å². The molecule has 5 aromatic rings. The molecule has 4 aliphatic heterocycles. The molecule has 20 heteroatoms. The summed E-state index contributed by atoms with van der Waals surface area (Å²) >= 11 is 14.6. The van der Waals surface area contributed by atoms with Crippen molar-refractivity contribution in [2.75, 3.05) is 59.0 Å². The Balaban J connectivity index is 0.746. The number of benzene rings is 4. The van der Waals surface area contributed by atoms with Gasteiger partial charge in [0.25, 0.3) is 0 Å². The summed E-state index contributed by atoms with van der Waals surface area (Å²) in [7, 11) is 0. The Kier molecular flexibility index (Phi) is 18.6. The minimum atomic E-state index is -1.15. The third-order valence-electron chi connectivity index (χ3n) is 18.8. The Hall–Kier alpha value is -6.86. The Morgan fingerprint density at radius 3 is 1.98 bits per heavy atom. The summed E-state index contributed by atoms with van der Waals surface area (Å²) in [6.07, 6.45) is 2.90. The van der Waals surface area contributed by atoms with Gasteiger partial charge in [-0.2, -0.15) is 0 Å². The molecule has 5 heterocycles. The molecule has 4 fully saturated rings. The zero-order valence-corrected chi connectivity index (χ0v) is 54.8. The molecule has 0 bridgehead atoms. The number of aliphatic imine (C=N–C) groups is 1. The van der Waals surface area contributed by atoms with Gasteiger partial charge in [0.15, 0.2) is 0 Å². The SMILES string of the molecule is CCOc1cc(C(C)(C)C)ccc1C1=N[C@@](C)(c2ccc(Cl)cc2)[C@@](C)(c2ccc(Cl)cc2)N1C(=O)N1CCN(CC(=O)N2CCC(C(=O)NC3(C(=O)N[C@H](C(=O)N4CCC[C@H]4C(=O)NCc4ccc(-c5scnc5C)cc4)C(C)(C)C)CC3)CC2)CC1. The van der Waals surface area contributed by atoms with Gasteiger partial charge in [-0.05, 0) is 141 Å². The molecule has 88 heavy (non-hydrogen) atoms. The number of halogens is 2. The van der Waals surface area contributed by atoms with Crippen molar-refractivity contribution in [1.29, 1.82) is 0 Å². The summed E-state index contributed by atoms with van der Waals surface area (Å²) < 4.78 is 6.39. The van der Waals surface area contributed by atoms with E-state index >= 15 is 4.79 Å². The van der Waals surface area contributed by atoms with E-state index < -0.39 is 45.9 Å². The van der Waals surface area contributed by atoms with Gasteiger partial charge in [-0.3, -0.25) is 38.8 Å². The normalized spacial score (nSPS) is 21.8. The summed E-state index contributed by atoms with van der Waals surface area (Å²) in [5.41, 5.74) is 4.11. The summed E-state index contributed by atoms with van der Waals surface area (Å²) in [6, 6.07) is 27.5. The van der Waals surface area contributed by atoms with E-state index in [0.717, 1.165) is 38.4 Å². The molecule has 1 saturated carbocycles. The molecule has 0 unspecified atom stereocenters. The molecule has 7 amide bonds. The first kappa shape index (κ1) is 64.1. The van der Waals surface area contributed by atoms with E-state index in [0.29, 0.717) is 125 Å². The lowest BCUT2D eigenvalue weighted by atomic mass is 9.71. The van der Waals surface area contributed by atoms with Crippen molar-refractivity contribution in [3.63, 3.8) is 0 Å². The second kappa shape index (κ2) is 25.6. The molecule has 17 nitrogen and oxygen atoms in total. The predicted octanol–water partition coefficient (Wildman–Crippen LogP) is 10.5. The fourth-order valence-electron chi connectivity index (χ4n) is 12.9. The molecule has 468 valence electrons. The molecular weight excluding hydrogens is 1170 g/mol. The van der Waals surface area contributed by atoms with Crippen LogP contribution in [0.15, 0.2) is 101 Å². The van der Waals surface area contributed by atoms with E-state index in [2.05, 4.69) is 72.6 Å². The second-order valence-corrected chi connectivity index (χ2v) is 28.5. The van der Waals surface area contributed by atoms with Gasteiger partial charge in [0, 0.05) is 68.3 Å². The van der Waals surface area contributed by atoms with Crippen LogP contribution in [0.2, 0.25) is 10.0 Å². The van der Waals surface area contributed by atoms with Crippen LogP contribution >= 0.6 is 34.5 Å². The van der Waals surface area contributed by atoms with Crippen LogP contribution in [-0.2, 0) is 47.0 Å². The van der Waals surface area contributed by atoms with Crippen molar-refractivity contribution in [3.05, 3.63) is 140 Å². The van der Waals surface area contributed by atoms with Crippen LogP contribution in [-0.4, -0.2) is 147 Å². The molecule has 4 atom stereocenters. The molecule has 1 aromatic heterocycles. The summed E-state index contributed by atoms with van der Waals surface area (Å²) in [5.74, 6) is -0.582. The number of aromatic nitrogens is 1. The third kappa shape index (κ3) is 13.1. The van der Waals surface area contributed by atoms with Crippen molar-refractivity contribution in [2.24, 2.45) is 16.3 Å². The molecule has 3 N–H and O–H groups in total. The second-order valence-electron chi connectivity index (χ2n) is 26.7. The fourth-order valence-corrected chi connectivity index (χ4v) is 13.9. The number of rotatable bonds is 16. The number of likely N-dealkylation sites (tertiary alicyclic amines) is 2. The van der Waals surface area contributed by atoms with Crippen LogP contribution in [0.5, 0.6) is 5.75 Å². The van der Waals surface area contributed by atoms with Crippen LogP contribution in [0.1, 0.15) is 134 Å². The Labute approximate surface area is 531 Å². The third-order valence-corrected chi connectivity index (χ3v) is 20.2. The van der Waals surface area contributed by atoms with Gasteiger partial charge in [-0.15, -0.1) is 11.3 Å². The van der Waals surface area contributed by atoms with Gasteiger partial charge in [0.05, 0.1) is 34.8 Å². The maximum absolute atomic E-state index is 15.7. The largest absolute Gasteiger partial charge is 0.493 e. The molecular formula is C68H84Cl2N10O7S. The lowest BCUT2D eigenvalue weighted by Crippen LogP contribution is -2.61. The summed E-state index contributed by atoms with van der Waals surface area (Å²) in [6.45, 7) is 23.8. The van der Waals surface area contributed by atoms with Gasteiger partial charge >= 0.3 is 6.03 Å². The first-order valence-electron chi connectivity index (χ1n) is 30.9. The highest BCUT2D eigenvalue weighted by Crippen LogP contribution is 2.54. The molecule has 4 aromatic carbocycles. The number of amides is 7. The zero-order valence-electron chi connectivity index (χ0n) is 52.4. The number of carbonyl (C=O) groups excluding carboxylic acids is 6. The minimum Gasteiger partial charge on any atom is -0.493 e. The van der Waals surface area contributed by atoms with Crippen LogP contribution in [0, 0.1) is 18.3 Å². The summed E-state index contributed by atoms with van der Waals surface area (Å²) in [5, 5.41) is 10.3. The Morgan fingerprint density at radius 1 is 0.761 bits per heavy atom. The van der Waals surface area contributed by atoms with E-state index in [1.165, 1.54) is 0 Å². The first-order chi connectivity index (χ1) is 41.7. The van der Waals surface area contributed by atoms with Gasteiger partial charge in [-0.1, -0.05) is 119 Å². The van der Waals surface area contributed by atoms with Crippen molar-refractivity contribution < 1.29 is 33.5 Å². The van der Waals surface area contributed by atoms with E-state index in [9.17, 15) is 24.0 Å². The number of piperidine rings is 1. The smallest absolute Gasteiger partial charge is 0.326 e. The Bertz CT molecular complexity index is 3450. The molecule has 1 aliphatic carbocycles.